The first-order chi connectivity index (χ1) is 9.68. The SMILES string of the molecule is O=C(NCCC(=O)N1CCOCC1)c1cccnc1Cl. The van der Waals surface area contributed by atoms with Gasteiger partial charge in [-0.15, -0.1) is 0 Å². The molecular formula is C13H16ClN3O3. The number of hydrogen-bond acceptors (Lipinski definition) is 4. The summed E-state index contributed by atoms with van der Waals surface area (Å²) in [6.07, 6.45) is 1.78. The number of hydrogen-bond donors (Lipinski definition) is 1. The lowest BCUT2D eigenvalue weighted by Crippen LogP contribution is -2.42. The maximum absolute atomic E-state index is 11.9. The van der Waals surface area contributed by atoms with Gasteiger partial charge in [-0.2, -0.15) is 0 Å². The van der Waals surface area contributed by atoms with Crippen molar-refractivity contribution in [2.75, 3.05) is 32.8 Å². The van der Waals surface area contributed by atoms with E-state index in [1.165, 1.54) is 6.20 Å². The van der Waals surface area contributed by atoms with Crippen molar-refractivity contribution in [2.45, 2.75) is 6.42 Å². The van der Waals surface area contributed by atoms with E-state index in [0.29, 0.717) is 31.9 Å². The van der Waals surface area contributed by atoms with Gasteiger partial charge in [0.2, 0.25) is 5.91 Å². The standard InChI is InChI=1S/C13H16ClN3O3/c14-12-10(2-1-4-15-12)13(19)16-5-3-11(18)17-6-8-20-9-7-17/h1-2,4H,3,5-9H2,(H,16,19). The van der Waals surface area contributed by atoms with Gasteiger partial charge in [-0.1, -0.05) is 11.6 Å². The summed E-state index contributed by atoms with van der Waals surface area (Å²) in [6.45, 7) is 2.65. The number of nitrogens with zero attached hydrogens (tertiary/aromatic N) is 2. The molecule has 1 fully saturated rings. The largest absolute Gasteiger partial charge is 0.378 e. The minimum absolute atomic E-state index is 0.0193. The van der Waals surface area contributed by atoms with Crippen molar-refractivity contribution in [1.82, 2.24) is 15.2 Å². The van der Waals surface area contributed by atoms with E-state index >= 15 is 0 Å². The van der Waals surface area contributed by atoms with Crippen molar-refractivity contribution in [2.24, 2.45) is 0 Å². The Labute approximate surface area is 122 Å². The van der Waals surface area contributed by atoms with Crippen LogP contribution in [0.1, 0.15) is 16.8 Å². The second-order valence-corrected chi connectivity index (χ2v) is 4.70. The second kappa shape index (κ2) is 7.21. The first kappa shape index (κ1) is 14.7. The number of pyridine rings is 1. The summed E-state index contributed by atoms with van der Waals surface area (Å²) in [5, 5.41) is 2.82. The lowest BCUT2D eigenvalue weighted by molar-refractivity contribution is -0.135. The summed E-state index contributed by atoms with van der Waals surface area (Å²) in [5.74, 6) is -0.302. The zero-order chi connectivity index (χ0) is 14.4. The summed E-state index contributed by atoms with van der Waals surface area (Å²) in [6, 6.07) is 3.23. The number of halogens is 1. The molecule has 0 aromatic carbocycles. The molecule has 108 valence electrons. The van der Waals surface area contributed by atoms with E-state index < -0.39 is 0 Å². The molecule has 20 heavy (non-hydrogen) atoms. The number of morpholine rings is 1. The van der Waals surface area contributed by atoms with Crippen molar-refractivity contribution in [3.63, 3.8) is 0 Å². The Kier molecular flexibility index (Phi) is 5.31. The van der Waals surface area contributed by atoms with Gasteiger partial charge in [0.1, 0.15) is 5.15 Å². The van der Waals surface area contributed by atoms with Gasteiger partial charge in [-0.25, -0.2) is 4.98 Å². The molecule has 1 N–H and O–H groups in total. The smallest absolute Gasteiger partial charge is 0.254 e. The van der Waals surface area contributed by atoms with E-state index in [-0.39, 0.29) is 29.9 Å². The molecule has 0 unspecified atom stereocenters. The first-order valence-corrected chi connectivity index (χ1v) is 6.80. The van der Waals surface area contributed by atoms with Crippen molar-refractivity contribution >= 4 is 23.4 Å². The molecule has 0 saturated carbocycles. The molecule has 1 aliphatic rings. The van der Waals surface area contributed by atoms with Crippen LogP contribution in [0.15, 0.2) is 18.3 Å². The van der Waals surface area contributed by atoms with Crippen LogP contribution in [0, 0.1) is 0 Å². The first-order valence-electron chi connectivity index (χ1n) is 6.42. The van der Waals surface area contributed by atoms with Gasteiger partial charge < -0.3 is 15.0 Å². The highest BCUT2D eigenvalue weighted by atomic mass is 35.5. The fraction of sp³-hybridized carbons (Fsp3) is 0.462. The topological polar surface area (TPSA) is 71.5 Å². The van der Waals surface area contributed by atoms with Crippen LogP contribution in [0.2, 0.25) is 5.15 Å². The minimum atomic E-state index is -0.321. The van der Waals surface area contributed by atoms with Crippen LogP contribution in [0.25, 0.3) is 0 Å². The Morgan fingerprint density at radius 2 is 2.15 bits per heavy atom. The van der Waals surface area contributed by atoms with Crippen LogP contribution < -0.4 is 5.32 Å². The number of carbonyl (C=O) groups is 2. The second-order valence-electron chi connectivity index (χ2n) is 4.34. The van der Waals surface area contributed by atoms with E-state index in [1.54, 1.807) is 17.0 Å². The summed E-state index contributed by atoms with van der Waals surface area (Å²) in [4.78, 5) is 29.3. The van der Waals surface area contributed by atoms with Crippen LogP contribution in [-0.4, -0.2) is 54.5 Å². The maximum Gasteiger partial charge on any atom is 0.254 e. The van der Waals surface area contributed by atoms with Crippen LogP contribution in [0.5, 0.6) is 0 Å². The average molecular weight is 298 g/mol. The lowest BCUT2D eigenvalue weighted by atomic mass is 10.2. The number of ether oxygens (including phenoxy) is 1. The molecule has 0 radical (unpaired) electrons. The predicted molar refractivity (Wildman–Crippen MR) is 73.6 cm³/mol. The summed E-state index contributed by atoms with van der Waals surface area (Å²) < 4.78 is 5.18. The number of aromatic nitrogens is 1. The molecule has 0 aliphatic carbocycles. The molecule has 0 spiro atoms. The van der Waals surface area contributed by atoms with Crippen LogP contribution in [-0.2, 0) is 9.53 Å². The fourth-order valence-corrected chi connectivity index (χ4v) is 2.11. The number of nitrogens with one attached hydrogen (secondary N) is 1. The highest BCUT2D eigenvalue weighted by molar-refractivity contribution is 6.32. The Bertz CT molecular complexity index is 490. The minimum Gasteiger partial charge on any atom is -0.378 e. The van der Waals surface area contributed by atoms with Gasteiger partial charge in [0.25, 0.3) is 5.91 Å². The molecular weight excluding hydrogens is 282 g/mol. The van der Waals surface area contributed by atoms with E-state index in [4.69, 9.17) is 16.3 Å². The fourth-order valence-electron chi connectivity index (χ4n) is 1.90. The van der Waals surface area contributed by atoms with Crippen LogP contribution >= 0.6 is 11.6 Å². The molecule has 2 amide bonds. The van der Waals surface area contributed by atoms with Gasteiger partial charge in [0.05, 0.1) is 18.8 Å². The Morgan fingerprint density at radius 1 is 1.40 bits per heavy atom. The molecule has 1 aliphatic heterocycles. The summed E-state index contributed by atoms with van der Waals surface area (Å²) >= 11 is 5.82. The average Bonchev–Trinajstić information content (AvgIpc) is 2.48. The molecule has 2 rings (SSSR count). The van der Waals surface area contributed by atoms with Crippen molar-refractivity contribution in [3.05, 3.63) is 29.0 Å². The third kappa shape index (κ3) is 3.91. The highest BCUT2D eigenvalue weighted by Gasteiger charge is 2.17. The van der Waals surface area contributed by atoms with Gasteiger partial charge in [0.15, 0.2) is 0 Å². The normalized spacial score (nSPS) is 14.9. The molecule has 6 nitrogen and oxygen atoms in total. The molecule has 2 heterocycles. The molecule has 1 saturated heterocycles. The molecule has 0 bridgehead atoms. The molecule has 1 aromatic heterocycles. The third-order valence-corrected chi connectivity index (χ3v) is 3.29. The van der Waals surface area contributed by atoms with Crippen molar-refractivity contribution < 1.29 is 14.3 Å². The van der Waals surface area contributed by atoms with Crippen LogP contribution in [0.3, 0.4) is 0 Å². The number of carbonyl (C=O) groups excluding carboxylic acids is 2. The molecule has 0 atom stereocenters. The Hall–Kier alpha value is -1.66. The Morgan fingerprint density at radius 3 is 2.85 bits per heavy atom. The Balaban J connectivity index is 1.76. The number of rotatable bonds is 4. The van der Waals surface area contributed by atoms with E-state index in [0.717, 1.165) is 0 Å². The summed E-state index contributed by atoms with van der Waals surface area (Å²) in [7, 11) is 0. The van der Waals surface area contributed by atoms with Crippen molar-refractivity contribution in [1.29, 1.82) is 0 Å². The number of amides is 2. The highest BCUT2D eigenvalue weighted by Crippen LogP contribution is 2.10. The van der Waals surface area contributed by atoms with Gasteiger partial charge in [-0.3, -0.25) is 9.59 Å². The van der Waals surface area contributed by atoms with Crippen molar-refractivity contribution in [3.8, 4) is 0 Å². The molecule has 7 heteroatoms. The predicted octanol–water partition coefficient (Wildman–Crippen LogP) is 0.714. The van der Waals surface area contributed by atoms with E-state index in [9.17, 15) is 9.59 Å². The van der Waals surface area contributed by atoms with E-state index in [1.807, 2.05) is 0 Å². The van der Waals surface area contributed by atoms with Gasteiger partial charge in [0, 0.05) is 32.3 Å². The van der Waals surface area contributed by atoms with Gasteiger partial charge >= 0.3 is 0 Å². The van der Waals surface area contributed by atoms with E-state index in [2.05, 4.69) is 10.3 Å². The maximum atomic E-state index is 11.9. The third-order valence-electron chi connectivity index (χ3n) is 2.99. The quantitative estimate of drug-likeness (QED) is 0.831. The zero-order valence-electron chi connectivity index (χ0n) is 11.0. The zero-order valence-corrected chi connectivity index (χ0v) is 11.7. The molecule has 1 aromatic rings. The summed E-state index contributed by atoms with van der Waals surface area (Å²) in [5.41, 5.74) is 0.313. The monoisotopic (exact) mass is 297 g/mol. The lowest BCUT2D eigenvalue weighted by Gasteiger charge is -2.26. The van der Waals surface area contributed by atoms with Gasteiger partial charge in [-0.05, 0) is 12.1 Å². The van der Waals surface area contributed by atoms with Crippen LogP contribution in [0.4, 0.5) is 0 Å².